The lowest BCUT2D eigenvalue weighted by Crippen LogP contribution is -2.25. The minimum atomic E-state index is -0.180. The fourth-order valence-electron chi connectivity index (χ4n) is 2.26. The van der Waals surface area contributed by atoms with Gasteiger partial charge in [0.2, 0.25) is 0 Å². The zero-order chi connectivity index (χ0) is 17.1. The third kappa shape index (κ3) is 3.41. The Labute approximate surface area is 143 Å². The van der Waals surface area contributed by atoms with Gasteiger partial charge in [0.05, 0.1) is 21.5 Å². The molecule has 6 nitrogen and oxygen atoms in total. The van der Waals surface area contributed by atoms with Crippen LogP contribution in [0.5, 0.6) is 0 Å². The van der Waals surface area contributed by atoms with Gasteiger partial charge in [-0.05, 0) is 43.7 Å². The van der Waals surface area contributed by atoms with Gasteiger partial charge in [0, 0.05) is 0 Å². The summed E-state index contributed by atoms with van der Waals surface area (Å²) in [6.45, 7) is 3.41. The van der Waals surface area contributed by atoms with Gasteiger partial charge in [0.25, 0.3) is 5.91 Å². The maximum Gasteiger partial charge on any atom is 0.261 e. The first kappa shape index (κ1) is 16.1. The van der Waals surface area contributed by atoms with E-state index in [4.69, 9.17) is 0 Å². The van der Waals surface area contributed by atoms with Crippen LogP contribution in [0.3, 0.4) is 0 Å². The van der Waals surface area contributed by atoms with Gasteiger partial charge in [-0.3, -0.25) is 9.59 Å². The molecule has 24 heavy (non-hydrogen) atoms. The predicted octanol–water partition coefficient (Wildman–Crippen LogP) is 3.02. The van der Waals surface area contributed by atoms with Gasteiger partial charge in [-0.2, -0.15) is 5.10 Å². The lowest BCUT2D eigenvalue weighted by molar-refractivity contribution is 0.0943. The number of ketones is 1. The third-order valence-corrected chi connectivity index (χ3v) is 4.79. The molecule has 1 amide bonds. The summed E-state index contributed by atoms with van der Waals surface area (Å²) in [5, 5.41) is 7.02. The fraction of sp³-hybridized carbons (Fsp3) is 0.176. The van der Waals surface area contributed by atoms with Crippen molar-refractivity contribution in [1.82, 2.24) is 20.1 Å². The molecule has 2 aromatic heterocycles. The second kappa shape index (κ2) is 6.76. The molecular formula is C17H16N4O2S. The van der Waals surface area contributed by atoms with Crippen LogP contribution in [0.2, 0.25) is 0 Å². The van der Waals surface area contributed by atoms with E-state index < -0.39 is 0 Å². The topological polar surface area (TPSA) is 76.9 Å². The van der Waals surface area contributed by atoms with Crippen LogP contribution in [-0.4, -0.2) is 26.5 Å². The van der Waals surface area contributed by atoms with E-state index >= 15 is 0 Å². The Kier molecular flexibility index (Phi) is 4.52. The largest absolute Gasteiger partial charge is 0.345 e. The van der Waals surface area contributed by atoms with Crippen molar-refractivity contribution in [2.24, 2.45) is 0 Å². The van der Waals surface area contributed by atoms with Crippen LogP contribution in [0.1, 0.15) is 44.8 Å². The first-order valence-corrected chi connectivity index (χ1v) is 8.23. The van der Waals surface area contributed by atoms with Crippen molar-refractivity contribution >= 4 is 23.0 Å². The van der Waals surface area contributed by atoms with Crippen molar-refractivity contribution < 1.29 is 9.59 Å². The van der Waals surface area contributed by atoms with Crippen molar-refractivity contribution in [3.63, 3.8) is 0 Å². The Bertz CT molecular complexity index is 853. The number of aromatic nitrogens is 3. The second-order valence-corrected chi connectivity index (χ2v) is 6.43. The number of hydrogen-bond acceptors (Lipinski definition) is 5. The molecule has 0 aliphatic rings. The standard InChI is InChI=1S/C17H16N4O2S/c1-11(20-17(23)16-8-7-15(24-16)12(2)22)13-3-5-14(6-4-13)21-10-18-9-19-21/h3-11H,1-2H3,(H,20,23)/t11-/m0/s1. The average molecular weight is 340 g/mol. The van der Waals surface area contributed by atoms with Crippen LogP contribution >= 0.6 is 11.3 Å². The minimum absolute atomic E-state index is 0.0317. The van der Waals surface area contributed by atoms with E-state index in [2.05, 4.69) is 15.4 Å². The molecule has 0 fully saturated rings. The van der Waals surface area contributed by atoms with E-state index in [-0.39, 0.29) is 17.7 Å². The normalized spacial score (nSPS) is 11.9. The molecule has 122 valence electrons. The minimum Gasteiger partial charge on any atom is -0.345 e. The number of benzene rings is 1. The second-order valence-electron chi connectivity index (χ2n) is 5.35. The summed E-state index contributed by atoms with van der Waals surface area (Å²) >= 11 is 1.21. The number of amides is 1. The summed E-state index contributed by atoms with van der Waals surface area (Å²) < 4.78 is 1.67. The molecule has 0 radical (unpaired) electrons. The van der Waals surface area contributed by atoms with Gasteiger partial charge < -0.3 is 5.32 Å². The molecule has 0 bridgehead atoms. The van der Waals surface area contributed by atoms with Gasteiger partial charge >= 0.3 is 0 Å². The highest BCUT2D eigenvalue weighted by Crippen LogP contribution is 2.19. The zero-order valence-corrected chi connectivity index (χ0v) is 14.1. The van der Waals surface area contributed by atoms with E-state index in [1.807, 2.05) is 31.2 Å². The molecule has 0 aliphatic heterocycles. The first-order chi connectivity index (χ1) is 11.5. The van der Waals surface area contributed by atoms with Crippen molar-refractivity contribution in [2.45, 2.75) is 19.9 Å². The number of thiophene rings is 1. The summed E-state index contributed by atoms with van der Waals surface area (Å²) in [6, 6.07) is 10.9. The van der Waals surface area contributed by atoms with E-state index in [9.17, 15) is 9.59 Å². The smallest absolute Gasteiger partial charge is 0.261 e. The number of carbonyl (C=O) groups excluding carboxylic acids is 2. The van der Waals surface area contributed by atoms with Crippen LogP contribution in [-0.2, 0) is 0 Å². The Morgan fingerprint density at radius 1 is 1.12 bits per heavy atom. The molecule has 0 spiro atoms. The average Bonchev–Trinajstić information content (AvgIpc) is 3.26. The SMILES string of the molecule is CC(=O)c1ccc(C(=O)N[C@@H](C)c2ccc(-n3cncn3)cc2)s1. The Hall–Kier alpha value is -2.80. The van der Waals surface area contributed by atoms with E-state index in [1.54, 1.807) is 23.1 Å². The highest BCUT2D eigenvalue weighted by Gasteiger charge is 2.15. The quantitative estimate of drug-likeness (QED) is 0.724. The van der Waals surface area contributed by atoms with Crippen molar-refractivity contribution in [3.8, 4) is 5.69 Å². The van der Waals surface area contributed by atoms with E-state index in [0.29, 0.717) is 9.75 Å². The molecular weight excluding hydrogens is 324 g/mol. The molecule has 1 atom stereocenters. The number of rotatable bonds is 5. The Morgan fingerprint density at radius 2 is 1.83 bits per heavy atom. The number of nitrogens with one attached hydrogen (secondary N) is 1. The summed E-state index contributed by atoms with van der Waals surface area (Å²) in [7, 11) is 0. The molecule has 1 N–H and O–H groups in total. The van der Waals surface area contributed by atoms with Crippen LogP contribution in [0, 0.1) is 0 Å². The Morgan fingerprint density at radius 3 is 2.42 bits per heavy atom. The van der Waals surface area contributed by atoms with Gasteiger partial charge in [-0.15, -0.1) is 11.3 Å². The van der Waals surface area contributed by atoms with Gasteiger partial charge in [0.15, 0.2) is 5.78 Å². The summed E-state index contributed by atoms with van der Waals surface area (Å²) in [5.74, 6) is -0.212. The zero-order valence-electron chi connectivity index (χ0n) is 13.3. The van der Waals surface area contributed by atoms with Crippen LogP contribution in [0.25, 0.3) is 5.69 Å². The van der Waals surface area contributed by atoms with Crippen LogP contribution in [0.15, 0.2) is 49.1 Å². The molecule has 0 saturated carbocycles. The van der Waals surface area contributed by atoms with Crippen LogP contribution in [0.4, 0.5) is 0 Å². The number of hydrogen-bond donors (Lipinski definition) is 1. The molecule has 7 heteroatoms. The molecule has 2 heterocycles. The highest BCUT2D eigenvalue weighted by molar-refractivity contribution is 7.15. The van der Waals surface area contributed by atoms with E-state index in [1.165, 1.54) is 24.6 Å². The highest BCUT2D eigenvalue weighted by atomic mass is 32.1. The van der Waals surface area contributed by atoms with Crippen molar-refractivity contribution in [2.75, 3.05) is 0 Å². The monoisotopic (exact) mass is 340 g/mol. The first-order valence-electron chi connectivity index (χ1n) is 7.41. The lowest BCUT2D eigenvalue weighted by atomic mass is 10.1. The van der Waals surface area contributed by atoms with Gasteiger partial charge in [0.1, 0.15) is 12.7 Å². The predicted molar refractivity (Wildman–Crippen MR) is 91.6 cm³/mol. The molecule has 1 aromatic carbocycles. The molecule has 3 aromatic rings. The maximum absolute atomic E-state index is 12.3. The fourth-order valence-corrected chi connectivity index (χ4v) is 3.06. The molecule has 0 saturated heterocycles. The third-order valence-electron chi connectivity index (χ3n) is 3.60. The van der Waals surface area contributed by atoms with Crippen molar-refractivity contribution in [1.29, 1.82) is 0 Å². The Balaban J connectivity index is 1.68. The van der Waals surface area contributed by atoms with Crippen molar-refractivity contribution in [3.05, 3.63) is 64.4 Å². The molecule has 0 aliphatic carbocycles. The summed E-state index contributed by atoms with van der Waals surface area (Å²) in [5.41, 5.74) is 1.88. The van der Waals surface area contributed by atoms with Gasteiger partial charge in [-0.25, -0.2) is 9.67 Å². The van der Waals surface area contributed by atoms with Crippen LogP contribution < -0.4 is 5.32 Å². The lowest BCUT2D eigenvalue weighted by Gasteiger charge is -2.14. The summed E-state index contributed by atoms with van der Waals surface area (Å²) in [4.78, 5) is 28.6. The number of nitrogens with zero attached hydrogens (tertiary/aromatic N) is 3. The number of Topliss-reactive ketones (excluding diaryl/α,β-unsaturated/α-hetero) is 1. The van der Waals surface area contributed by atoms with Gasteiger partial charge in [-0.1, -0.05) is 12.1 Å². The maximum atomic E-state index is 12.3. The molecule has 0 unspecified atom stereocenters. The molecule has 3 rings (SSSR count). The summed E-state index contributed by atoms with van der Waals surface area (Å²) in [6.07, 6.45) is 3.11. The van der Waals surface area contributed by atoms with E-state index in [0.717, 1.165) is 11.3 Å². The number of carbonyl (C=O) groups is 2.